The van der Waals surface area contributed by atoms with Crippen LogP contribution in [0, 0.1) is 5.92 Å². The van der Waals surface area contributed by atoms with Crippen molar-refractivity contribution in [1.82, 2.24) is 0 Å². The Bertz CT molecular complexity index is 269. The van der Waals surface area contributed by atoms with E-state index in [2.05, 4.69) is 0 Å². The molecule has 0 aliphatic carbocycles. The molecule has 1 rings (SSSR count). The van der Waals surface area contributed by atoms with Crippen LogP contribution in [-0.2, 0) is 16.1 Å². The highest BCUT2D eigenvalue weighted by Gasteiger charge is 2.10. The fourth-order valence-electron chi connectivity index (χ4n) is 1.06. The molecule has 2 nitrogen and oxygen atoms in total. The van der Waals surface area contributed by atoms with Crippen molar-refractivity contribution in [2.75, 3.05) is 0 Å². The molecule has 0 aliphatic heterocycles. The summed E-state index contributed by atoms with van der Waals surface area (Å²) in [7, 11) is 0. The number of rotatable bonds is 5. The van der Waals surface area contributed by atoms with Crippen LogP contribution < -0.4 is 0 Å². The lowest BCUT2D eigenvalue weighted by Crippen LogP contribution is -2.18. The molecule has 0 N–H and O–H groups in total. The summed E-state index contributed by atoms with van der Waals surface area (Å²) in [6, 6.07) is 9.95. The minimum Gasteiger partial charge on any atom is -0.373 e. The first-order valence-electron chi connectivity index (χ1n) is 4.85. The summed E-state index contributed by atoms with van der Waals surface area (Å²) in [5, 5.41) is 0. The molecule has 1 unspecified atom stereocenters. The average Bonchev–Trinajstić information content (AvgIpc) is 2.26. The topological polar surface area (TPSA) is 26.3 Å². The van der Waals surface area contributed by atoms with Crippen molar-refractivity contribution in [3.8, 4) is 0 Å². The minimum atomic E-state index is -0.0429. The predicted molar refractivity (Wildman–Crippen MR) is 55.9 cm³/mol. The quantitative estimate of drug-likeness (QED) is 0.670. The van der Waals surface area contributed by atoms with Crippen LogP contribution in [-0.4, -0.2) is 12.4 Å². The molecule has 2 heteroatoms. The first-order chi connectivity index (χ1) is 6.74. The van der Waals surface area contributed by atoms with E-state index < -0.39 is 0 Å². The van der Waals surface area contributed by atoms with Gasteiger partial charge in [0.05, 0.1) is 12.7 Å². The number of hydrogen-bond acceptors (Lipinski definition) is 2. The highest BCUT2D eigenvalue weighted by atomic mass is 16.5. The molecule has 2 atom stereocenters. The van der Waals surface area contributed by atoms with E-state index in [1.165, 1.54) is 0 Å². The van der Waals surface area contributed by atoms with Gasteiger partial charge in [-0.2, -0.15) is 0 Å². The highest BCUT2D eigenvalue weighted by molar-refractivity contribution is 5.53. The van der Waals surface area contributed by atoms with Crippen molar-refractivity contribution in [3.63, 3.8) is 0 Å². The lowest BCUT2D eigenvalue weighted by atomic mass is 10.1. The Morgan fingerprint density at radius 2 is 1.93 bits per heavy atom. The molecular weight excluding hydrogens is 176 g/mol. The van der Waals surface area contributed by atoms with Crippen molar-refractivity contribution in [3.05, 3.63) is 35.9 Å². The Kier molecular flexibility index (Phi) is 4.33. The molecule has 0 bridgehead atoms. The third-order valence-corrected chi connectivity index (χ3v) is 2.31. The molecule has 0 saturated heterocycles. The van der Waals surface area contributed by atoms with E-state index in [-0.39, 0.29) is 12.0 Å². The van der Waals surface area contributed by atoms with Crippen molar-refractivity contribution >= 4 is 6.29 Å². The van der Waals surface area contributed by atoms with Gasteiger partial charge in [0.15, 0.2) is 0 Å². The van der Waals surface area contributed by atoms with Crippen LogP contribution in [0.4, 0.5) is 0 Å². The normalized spacial score (nSPS) is 14.7. The molecule has 14 heavy (non-hydrogen) atoms. The molecule has 0 heterocycles. The zero-order valence-electron chi connectivity index (χ0n) is 8.64. The summed E-state index contributed by atoms with van der Waals surface area (Å²) in [6.45, 7) is 4.35. The zero-order chi connectivity index (χ0) is 10.4. The van der Waals surface area contributed by atoms with Gasteiger partial charge < -0.3 is 9.53 Å². The molecule has 0 saturated carbocycles. The summed E-state index contributed by atoms with van der Waals surface area (Å²) < 4.78 is 5.55. The second kappa shape index (κ2) is 5.55. The second-order valence-corrected chi connectivity index (χ2v) is 3.50. The molecule has 0 aliphatic rings. The Balaban J connectivity index is 2.37. The van der Waals surface area contributed by atoms with E-state index in [0.29, 0.717) is 6.61 Å². The van der Waals surface area contributed by atoms with Gasteiger partial charge in [0.25, 0.3) is 0 Å². The summed E-state index contributed by atoms with van der Waals surface area (Å²) in [5.74, 6) is -0.0429. The van der Waals surface area contributed by atoms with Gasteiger partial charge in [-0.25, -0.2) is 0 Å². The lowest BCUT2D eigenvalue weighted by Gasteiger charge is -2.15. The van der Waals surface area contributed by atoms with Crippen molar-refractivity contribution < 1.29 is 9.53 Å². The van der Waals surface area contributed by atoms with Gasteiger partial charge in [-0.3, -0.25) is 0 Å². The van der Waals surface area contributed by atoms with E-state index in [0.717, 1.165) is 11.8 Å². The molecule has 0 spiro atoms. The maximum atomic E-state index is 10.5. The fraction of sp³-hybridized carbons (Fsp3) is 0.417. The van der Waals surface area contributed by atoms with Gasteiger partial charge in [-0.1, -0.05) is 37.3 Å². The van der Waals surface area contributed by atoms with Crippen LogP contribution in [0.5, 0.6) is 0 Å². The van der Waals surface area contributed by atoms with E-state index in [1.807, 2.05) is 44.2 Å². The monoisotopic (exact) mass is 192 g/mol. The van der Waals surface area contributed by atoms with Crippen LogP contribution >= 0.6 is 0 Å². The van der Waals surface area contributed by atoms with Gasteiger partial charge in [0, 0.05) is 5.92 Å². The molecule has 1 aromatic carbocycles. The maximum absolute atomic E-state index is 10.5. The smallest absolute Gasteiger partial charge is 0.125 e. The highest BCUT2D eigenvalue weighted by Crippen LogP contribution is 2.08. The summed E-state index contributed by atoms with van der Waals surface area (Å²) >= 11 is 0. The van der Waals surface area contributed by atoms with Crippen LogP contribution in [0.3, 0.4) is 0 Å². The Labute approximate surface area is 84.9 Å². The number of hydrogen-bond donors (Lipinski definition) is 0. The largest absolute Gasteiger partial charge is 0.373 e. The van der Waals surface area contributed by atoms with Gasteiger partial charge in [0.1, 0.15) is 6.29 Å². The van der Waals surface area contributed by atoms with Gasteiger partial charge in [0.2, 0.25) is 0 Å². The molecule has 76 valence electrons. The number of benzene rings is 1. The minimum absolute atomic E-state index is 0.0206. The second-order valence-electron chi connectivity index (χ2n) is 3.50. The molecule has 0 aromatic heterocycles. The summed E-state index contributed by atoms with van der Waals surface area (Å²) in [5.41, 5.74) is 1.14. The van der Waals surface area contributed by atoms with Crippen LogP contribution in [0.2, 0.25) is 0 Å². The Morgan fingerprint density at radius 3 is 2.50 bits per heavy atom. The van der Waals surface area contributed by atoms with E-state index in [4.69, 9.17) is 4.74 Å². The van der Waals surface area contributed by atoms with Crippen molar-refractivity contribution in [2.45, 2.75) is 26.6 Å². The molecule has 0 fully saturated rings. The average molecular weight is 192 g/mol. The molecule has 1 aromatic rings. The third-order valence-electron chi connectivity index (χ3n) is 2.31. The number of aldehydes is 1. The van der Waals surface area contributed by atoms with Crippen molar-refractivity contribution in [1.29, 1.82) is 0 Å². The van der Waals surface area contributed by atoms with Crippen LogP contribution in [0.1, 0.15) is 19.4 Å². The Hall–Kier alpha value is -1.15. The van der Waals surface area contributed by atoms with E-state index in [1.54, 1.807) is 0 Å². The maximum Gasteiger partial charge on any atom is 0.125 e. The SMILES string of the molecule is CC(OCc1ccccc1)[C@H](C)C=O. The van der Waals surface area contributed by atoms with Crippen LogP contribution in [0.15, 0.2) is 30.3 Å². The fourth-order valence-corrected chi connectivity index (χ4v) is 1.06. The third kappa shape index (κ3) is 3.30. The number of carbonyl (C=O) groups excluding carboxylic acids is 1. The number of ether oxygens (including phenoxy) is 1. The first kappa shape index (κ1) is 10.9. The van der Waals surface area contributed by atoms with Gasteiger partial charge in [-0.05, 0) is 12.5 Å². The van der Waals surface area contributed by atoms with E-state index >= 15 is 0 Å². The van der Waals surface area contributed by atoms with Gasteiger partial charge in [-0.15, -0.1) is 0 Å². The zero-order valence-corrected chi connectivity index (χ0v) is 8.64. The Morgan fingerprint density at radius 1 is 1.29 bits per heavy atom. The number of carbonyl (C=O) groups is 1. The van der Waals surface area contributed by atoms with Crippen molar-refractivity contribution in [2.24, 2.45) is 5.92 Å². The molecule has 0 amide bonds. The lowest BCUT2D eigenvalue weighted by molar-refractivity contribution is -0.115. The van der Waals surface area contributed by atoms with E-state index in [9.17, 15) is 4.79 Å². The summed E-state index contributed by atoms with van der Waals surface area (Å²) in [4.78, 5) is 10.5. The summed E-state index contributed by atoms with van der Waals surface area (Å²) in [6.07, 6.45) is 0.906. The molecular formula is C12H16O2. The van der Waals surface area contributed by atoms with Crippen LogP contribution in [0.25, 0.3) is 0 Å². The molecule has 0 radical (unpaired) electrons. The standard InChI is InChI=1S/C12H16O2/c1-10(8-13)11(2)14-9-12-6-4-3-5-7-12/h3-8,10-11H,9H2,1-2H3/t10-,11?/m1/s1. The van der Waals surface area contributed by atoms with Gasteiger partial charge >= 0.3 is 0 Å². The predicted octanol–water partition coefficient (Wildman–Crippen LogP) is 2.43. The first-order valence-corrected chi connectivity index (χ1v) is 4.85.